The van der Waals surface area contributed by atoms with Crippen LogP contribution in [0.5, 0.6) is 0 Å². The zero-order chi connectivity index (χ0) is 18.5. The highest BCUT2D eigenvalue weighted by Crippen LogP contribution is 2.44. The van der Waals surface area contributed by atoms with Gasteiger partial charge in [0.15, 0.2) is 5.60 Å². The van der Waals surface area contributed by atoms with Crippen molar-refractivity contribution in [3.63, 3.8) is 0 Å². The minimum Gasteiger partial charge on any atom is -0.379 e. The van der Waals surface area contributed by atoms with Crippen LogP contribution < -0.4 is 0 Å². The predicted octanol–water partition coefficient (Wildman–Crippen LogP) is 2.81. The lowest BCUT2D eigenvalue weighted by Gasteiger charge is -2.44. The Labute approximate surface area is 161 Å². The number of nitrogens with zero attached hydrogens (tertiary/aromatic N) is 2. The van der Waals surface area contributed by atoms with E-state index in [-0.39, 0.29) is 11.3 Å². The normalized spacial score (nSPS) is 30.1. The van der Waals surface area contributed by atoms with Crippen molar-refractivity contribution in [1.29, 1.82) is 0 Å². The van der Waals surface area contributed by atoms with Crippen molar-refractivity contribution in [2.24, 2.45) is 5.92 Å². The Morgan fingerprint density at radius 2 is 1.85 bits per heavy atom. The Morgan fingerprint density at radius 1 is 1.07 bits per heavy atom. The average Bonchev–Trinajstić information content (AvgIpc) is 3.43. The van der Waals surface area contributed by atoms with Gasteiger partial charge in [-0.1, -0.05) is 36.4 Å². The van der Waals surface area contributed by atoms with Gasteiger partial charge in [0.05, 0.1) is 0 Å². The quantitative estimate of drug-likeness (QED) is 0.891. The number of benzene rings is 1. The van der Waals surface area contributed by atoms with Crippen molar-refractivity contribution >= 4 is 12.0 Å². The van der Waals surface area contributed by atoms with Gasteiger partial charge in [-0.05, 0) is 68.7 Å². The van der Waals surface area contributed by atoms with E-state index in [9.17, 15) is 9.90 Å². The largest absolute Gasteiger partial charge is 0.379 e. The lowest BCUT2D eigenvalue weighted by atomic mass is 9.74. The third-order valence-corrected chi connectivity index (χ3v) is 7.19. The Kier molecular flexibility index (Phi) is 4.17. The Hall–Kier alpha value is -1.65. The summed E-state index contributed by atoms with van der Waals surface area (Å²) in [5.41, 5.74) is 1.78. The fourth-order valence-electron chi connectivity index (χ4n) is 5.35. The summed E-state index contributed by atoms with van der Waals surface area (Å²) in [6.45, 7) is 4.05. The van der Waals surface area contributed by atoms with E-state index in [0.29, 0.717) is 18.9 Å². The highest BCUT2D eigenvalue weighted by molar-refractivity contribution is 5.86. The van der Waals surface area contributed by atoms with Crippen molar-refractivity contribution in [1.82, 2.24) is 9.80 Å². The molecule has 2 aliphatic carbocycles. The summed E-state index contributed by atoms with van der Waals surface area (Å²) in [4.78, 5) is 17.2. The first-order valence-electron chi connectivity index (χ1n) is 10.6. The molecule has 4 aliphatic rings. The van der Waals surface area contributed by atoms with Crippen LogP contribution in [0.1, 0.15) is 49.7 Å². The molecule has 1 aromatic carbocycles. The van der Waals surface area contributed by atoms with Crippen LogP contribution in [0.15, 0.2) is 30.3 Å². The van der Waals surface area contributed by atoms with Gasteiger partial charge in [0, 0.05) is 25.0 Å². The molecule has 0 radical (unpaired) electrons. The molecule has 4 heteroatoms. The maximum absolute atomic E-state index is 12.9. The number of rotatable bonds is 4. The number of hydrogen-bond acceptors (Lipinski definition) is 3. The lowest BCUT2D eigenvalue weighted by Crippen LogP contribution is -2.60. The van der Waals surface area contributed by atoms with E-state index in [1.165, 1.54) is 24.0 Å². The molecule has 1 spiro atoms. The van der Waals surface area contributed by atoms with Crippen molar-refractivity contribution in [3.05, 3.63) is 41.5 Å². The number of hydrogen-bond donors (Lipinski definition) is 1. The zero-order valence-electron chi connectivity index (χ0n) is 16.1. The van der Waals surface area contributed by atoms with Crippen molar-refractivity contribution in [3.8, 4) is 0 Å². The second-order valence-electron chi connectivity index (χ2n) is 9.18. The molecule has 1 aromatic rings. The van der Waals surface area contributed by atoms with E-state index >= 15 is 0 Å². The second-order valence-corrected chi connectivity index (χ2v) is 9.18. The molecule has 27 heavy (non-hydrogen) atoms. The molecule has 144 valence electrons. The molecule has 1 N–H and O–H groups in total. The molecule has 0 unspecified atom stereocenters. The summed E-state index contributed by atoms with van der Waals surface area (Å²) in [5, 5.41) is 11.2. The van der Waals surface area contributed by atoms with E-state index < -0.39 is 5.60 Å². The summed E-state index contributed by atoms with van der Waals surface area (Å²) in [7, 11) is 0. The molecule has 3 fully saturated rings. The second kappa shape index (κ2) is 6.46. The summed E-state index contributed by atoms with van der Waals surface area (Å²) < 4.78 is 0. The Balaban J connectivity index is 1.24. The first-order chi connectivity index (χ1) is 13.1. The van der Waals surface area contributed by atoms with Gasteiger partial charge in [-0.2, -0.15) is 0 Å². The van der Waals surface area contributed by atoms with Crippen LogP contribution in [-0.2, 0) is 10.2 Å². The van der Waals surface area contributed by atoms with Crippen LogP contribution in [0, 0.1) is 5.92 Å². The summed E-state index contributed by atoms with van der Waals surface area (Å²) >= 11 is 0. The molecule has 1 atom stereocenters. The van der Waals surface area contributed by atoms with Crippen LogP contribution in [0.3, 0.4) is 0 Å². The molecule has 1 amide bonds. The maximum Gasteiger partial charge on any atom is 0.255 e. The average molecular weight is 367 g/mol. The van der Waals surface area contributed by atoms with Gasteiger partial charge in [-0.25, -0.2) is 0 Å². The molecular formula is C23H30N2O2. The number of aliphatic hydroxyl groups is 1. The fraction of sp³-hybridized carbons (Fsp3) is 0.609. The third-order valence-electron chi connectivity index (χ3n) is 7.19. The van der Waals surface area contributed by atoms with E-state index in [0.717, 1.165) is 45.4 Å². The molecule has 2 saturated heterocycles. The Morgan fingerprint density at radius 3 is 2.63 bits per heavy atom. The number of carbonyl (C=O) groups is 1. The van der Waals surface area contributed by atoms with Crippen molar-refractivity contribution in [2.45, 2.75) is 49.5 Å². The molecular weight excluding hydrogens is 336 g/mol. The molecule has 5 rings (SSSR count). The van der Waals surface area contributed by atoms with Gasteiger partial charge in [0.25, 0.3) is 5.91 Å². The number of β-amino-alcohol motifs (C(OH)–C–C–N with tert-alkyl or cyclic N) is 1. The third kappa shape index (κ3) is 3.13. The van der Waals surface area contributed by atoms with E-state index in [2.05, 4.69) is 41.3 Å². The number of carbonyl (C=O) groups excluding carboxylic acids is 1. The van der Waals surface area contributed by atoms with Crippen LogP contribution in [-0.4, -0.2) is 59.1 Å². The smallest absolute Gasteiger partial charge is 0.255 e. The number of piperidine rings is 2. The summed E-state index contributed by atoms with van der Waals surface area (Å²) in [5.74, 6) is 0.660. The van der Waals surface area contributed by atoms with Gasteiger partial charge in [0.2, 0.25) is 0 Å². The van der Waals surface area contributed by atoms with Gasteiger partial charge < -0.3 is 10.0 Å². The minimum atomic E-state index is -1.18. The summed E-state index contributed by atoms with van der Waals surface area (Å²) in [6.07, 6.45) is 10.8. The van der Waals surface area contributed by atoms with Gasteiger partial charge in [-0.15, -0.1) is 0 Å². The fourth-order valence-corrected chi connectivity index (χ4v) is 5.35. The van der Waals surface area contributed by atoms with Crippen LogP contribution >= 0.6 is 0 Å². The number of allylic oxidation sites excluding steroid dienone is 1. The highest BCUT2D eigenvalue weighted by atomic mass is 16.3. The zero-order valence-corrected chi connectivity index (χ0v) is 16.1. The molecule has 4 nitrogen and oxygen atoms in total. The molecule has 1 saturated carbocycles. The summed E-state index contributed by atoms with van der Waals surface area (Å²) in [6, 6.07) is 8.70. The molecule has 2 aliphatic heterocycles. The topological polar surface area (TPSA) is 43.8 Å². The first-order valence-corrected chi connectivity index (χ1v) is 10.6. The lowest BCUT2D eigenvalue weighted by molar-refractivity contribution is -0.160. The number of likely N-dealkylation sites (tertiary alicyclic amines) is 2. The minimum absolute atomic E-state index is 0.0213. The number of amides is 1. The first kappa shape index (κ1) is 17.4. The maximum atomic E-state index is 12.9. The predicted molar refractivity (Wildman–Crippen MR) is 106 cm³/mol. The SMILES string of the molecule is O=C1N(CC2CC2)CCC[C@@]1(O)CN1CCC2(C=Cc3ccccc32)CC1. The van der Waals surface area contributed by atoms with E-state index in [4.69, 9.17) is 0 Å². The van der Waals surface area contributed by atoms with Crippen molar-refractivity contribution < 1.29 is 9.90 Å². The van der Waals surface area contributed by atoms with E-state index in [1.807, 2.05) is 4.90 Å². The van der Waals surface area contributed by atoms with Gasteiger partial charge in [-0.3, -0.25) is 9.69 Å². The monoisotopic (exact) mass is 366 g/mol. The standard InChI is InChI=1S/C23H30N2O2/c26-21-23(27,9-3-13-25(21)16-18-6-7-18)17-24-14-11-22(12-15-24)10-8-19-4-1-2-5-20(19)22/h1-2,4-5,8,10,18,27H,3,6-7,9,11-17H2/t23-/m1/s1. The highest BCUT2D eigenvalue weighted by Gasteiger charge is 2.46. The van der Waals surface area contributed by atoms with Gasteiger partial charge >= 0.3 is 0 Å². The molecule has 2 heterocycles. The number of fused-ring (bicyclic) bond motifs is 2. The van der Waals surface area contributed by atoms with Gasteiger partial charge in [0.1, 0.15) is 0 Å². The van der Waals surface area contributed by atoms with Crippen LogP contribution in [0.25, 0.3) is 6.08 Å². The molecule has 0 aromatic heterocycles. The van der Waals surface area contributed by atoms with Crippen LogP contribution in [0.2, 0.25) is 0 Å². The van der Waals surface area contributed by atoms with E-state index in [1.54, 1.807) is 0 Å². The molecule has 0 bridgehead atoms. The van der Waals surface area contributed by atoms with Crippen molar-refractivity contribution in [2.75, 3.05) is 32.7 Å². The van der Waals surface area contributed by atoms with Crippen LogP contribution in [0.4, 0.5) is 0 Å². The Bertz CT molecular complexity index is 761.